The van der Waals surface area contributed by atoms with E-state index in [1.807, 2.05) is 48.8 Å². The summed E-state index contributed by atoms with van der Waals surface area (Å²) in [6.45, 7) is 8.37. The first-order chi connectivity index (χ1) is 15.1. The zero-order valence-corrected chi connectivity index (χ0v) is 19.5. The van der Waals surface area contributed by atoms with E-state index in [0.717, 1.165) is 31.5 Å². The number of aromatic nitrogens is 1. The Morgan fingerprint density at radius 2 is 1.91 bits per heavy atom. The molecule has 4 rings (SSSR count). The molecule has 2 amide bonds. The minimum atomic E-state index is -0.995. The van der Waals surface area contributed by atoms with E-state index in [2.05, 4.69) is 4.98 Å². The van der Waals surface area contributed by atoms with Crippen molar-refractivity contribution in [2.45, 2.75) is 64.1 Å². The first-order valence-electron chi connectivity index (χ1n) is 11.8. The third-order valence-electron chi connectivity index (χ3n) is 7.23. The number of hydrogen-bond acceptors (Lipinski definition) is 6. The molecule has 1 spiro atoms. The van der Waals surface area contributed by atoms with Gasteiger partial charge in [0.25, 0.3) is 0 Å². The lowest BCUT2D eigenvalue weighted by atomic mass is 9.65. The van der Waals surface area contributed by atoms with E-state index in [0.29, 0.717) is 39.1 Å². The number of amides is 2. The Morgan fingerprint density at radius 1 is 1.16 bits per heavy atom. The maximum Gasteiger partial charge on any atom is 0.410 e. The van der Waals surface area contributed by atoms with Gasteiger partial charge in [0.2, 0.25) is 5.91 Å². The number of carbonyl (C=O) groups excluding carboxylic acids is 2. The lowest BCUT2D eigenvalue weighted by molar-refractivity contribution is -0.157. The Morgan fingerprint density at radius 3 is 2.53 bits per heavy atom. The second-order valence-corrected chi connectivity index (χ2v) is 10.6. The number of ether oxygens (including phenoxy) is 1. The number of piperazine rings is 1. The molecule has 1 aromatic heterocycles. The fourth-order valence-corrected chi connectivity index (χ4v) is 5.51. The smallest absolute Gasteiger partial charge is 0.410 e. The fraction of sp³-hybridized carbons (Fsp3) is 0.708. The van der Waals surface area contributed by atoms with Crippen LogP contribution < -0.4 is 4.90 Å². The quantitative estimate of drug-likeness (QED) is 0.771. The molecular formula is C24H36N4O4. The molecule has 1 aromatic rings. The highest BCUT2D eigenvalue weighted by Gasteiger charge is 2.56. The molecule has 176 valence electrons. The summed E-state index contributed by atoms with van der Waals surface area (Å²) in [6.07, 6.45) is 5.68. The molecule has 0 bridgehead atoms. The second kappa shape index (κ2) is 8.54. The molecule has 3 aliphatic rings. The van der Waals surface area contributed by atoms with Gasteiger partial charge in [0.15, 0.2) is 0 Å². The van der Waals surface area contributed by atoms with Crippen LogP contribution in [0.3, 0.4) is 0 Å². The fourth-order valence-electron chi connectivity index (χ4n) is 5.51. The van der Waals surface area contributed by atoms with Gasteiger partial charge in [-0.1, -0.05) is 18.9 Å². The van der Waals surface area contributed by atoms with E-state index >= 15 is 0 Å². The van der Waals surface area contributed by atoms with Crippen LogP contribution in [-0.2, 0) is 9.53 Å². The van der Waals surface area contributed by atoms with Crippen molar-refractivity contribution in [2.24, 2.45) is 5.41 Å². The molecule has 1 unspecified atom stereocenters. The van der Waals surface area contributed by atoms with Crippen LogP contribution in [0.2, 0.25) is 0 Å². The van der Waals surface area contributed by atoms with Crippen LogP contribution in [0.4, 0.5) is 10.6 Å². The highest BCUT2D eigenvalue weighted by Crippen LogP contribution is 2.51. The van der Waals surface area contributed by atoms with Crippen LogP contribution in [0.5, 0.6) is 0 Å². The molecule has 2 aliphatic heterocycles. The summed E-state index contributed by atoms with van der Waals surface area (Å²) in [4.78, 5) is 35.6. The van der Waals surface area contributed by atoms with E-state index < -0.39 is 11.2 Å². The number of nitrogens with zero attached hydrogens (tertiary/aromatic N) is 4. The minimum absolute atomic E-state index is 0.0121. The summed E-state index contributed by atoms with van der Waals surface area (Å²) in [5.74, 6) is 0.815. The maximum absolute atomic E-state index is 13.0. The number of hydrogen-bond donors (Lipinski definition) is 1. The summed E-state index contributed by atoms with van der Waals surface area (Å²) in [5.41, 5.74) is -1.93. The molecule has 2 saturated heterocycles. The van der Waals surface area contributed by atoms with Crippen molar-refractivity contribution in [1.82, 2.24) is 14.8 Å². The second-order valence-electron chi connectivity index (χ2n) is 10.6. The molecule has 1 aliphatic carbocycles. The molecular weight excluding hydrogens is 408 g/mol. The average molecular weight is 445 g/mol. The highest BCUT2D eigenvalue weighted by molar-refractivity contribution is 5.82. The Hall–Kier alpha value is -2.35. The van der Waals surface area contributed by atoms with Gasteiger partial charge >= 0.3 is 6.09 Å². The van der Waals surface area contributed by atoms with Gasteiger partial charge in [-0.3, -0.25) is 4.79 Å². The number of rotatable bonds is 3. The third kappa shape index (κ3) is 4.56. The normalized spacial score (nSPS) is 26.0. The van der Waals surface area contributed by atoms with E-state index in [1.54, 1.807) is 11.1 Å². The monoisotopic (exact) mass is 444 g/mol. The van der Waals surface area contributed by atoms with Crippen LogP contribution in [0.25, 0.3) is 0 Å². The Kier molecular flexibility index (Phi) is 6.09. The predicted octanol–water partition coefficient (Wildman–Crippen LogP) is 2.66. The van der Waals surface area contributed by atoms with Gasteiger partial charge in [-0.15, -0.1) is 0 Å². The van der Waals surface area contributed by atoms with Gasteiger partial charge in [0.05, 0.1) is 18.7 Å². The van der Waals surface area contributed by atoms with Gasteiger partial charge in [-0.2, -0.15) is 0 Å². The maximum atomic E-state index is 13.0. The van der Waals surface area contributed by atoms with Crippen LogP contribution >= 0.6 is 0 Å². The van der Waals surface area contributed by atoms with Gasteiger partial charge in [-0.05, 0) is 52.2 Å². The summed E-state index contributed by atoms with van der Waals surface area (Å²) in [6, 6.07) is 5.70. The largest absolute Gasteiger partial charge is 0.444 e. The number of likely N-dealkylation sites (tertiary alicyclic amines) is 1. The Balaban J connectivity index is 1.45. The third-order valence-corrected chi connectivity index (χ3v) is 7.23. The van der Waals surface area contributed by atoms with Crippen molar-refractivity contribution in [3.05, 3.63) is 24.4 Å². The molecule has 1 saturated carbocycles. The van der Waals surface area contributed by atoms with E-state index in [1.165, 1.54) is 0 Å². The molecule has 0 aromatic carbocycles. The summed E-state index contributed by atoms with van der Waals surface area (Å²) < 4.78 is 5.60. The number of anilines is 1. The van der Waals surface area contributed by atoms with E-state index in [-0.39, 0.29) is 24.0 Å². The van der Waals surface area contributed by atoms with Crippen molar-refractivity contribution in [3.8, 4) is 0 Å². The summed E-state index contributed by atoms with van der Waals surface area (Å²) in [7, 11) is 0. The van der Waals surface area contributed by atoms with Crippen LogP contribution in [-0.4, -0.2) is 82.4 Å². The molecule has 8 nitrogen and oxygen atoms in total. The number of pyridine rings is 1. The van der Waals surface area contributed by atoms with Crippen LogP contribution in [0, 0.1) is 5.41 Å². The van der Waals surface area contributed by atoms with Crippen molar-refractivity contribution >= 4 is 17.8 Å². The van der Waals surface area contributed by atoms with Crippen LogP contribution in [0.1, 0.15) is 52.9 Å². The van der Waals surface area contributed by atoms with Crippen molar-refractivity contribution < 1.29 is 19.4 Å². The molecule has 1 N–H and O–H groups in total. The molecule has 3 fully saturated rings. The number of β-amino-alcohol motifs (C(OH)–C–C–N with tert-alkyl or cyclic N) is 1. The first-order valence-corrected chi connectivity index (χ1v) is 11.8. The number of aliphatic hydroxyl groups is 1. The summed E-state index contributed by atoms with van der Waals surface area (Å²) >= 11 is 0. The molecule has 0 radical (unpaired) electrons. The van der Waals surface area contributed by atoms with Gasteiger partial charge < -0.3 is 24.5 Å². The lowest BCUT2D eigenvalue weighted by Gasteiger charge is -2.54. The van der Waals surface area contributed by atoms with Crippen molar-refractivity contribution in [1.29, 1.82) is 0 Å². The lowest BCUT2D eigenvalue weighted by Crippen LogP contribution is -2.66. The topological polar surface area (TPSA) is 86.2 Å². The van der Waals surface area contributed by atoms with Crippen molar-refractivity contribution in [3.63, 3.8) is 0 Å². The average Bonchev–Trinajstić information content (AvgIpc) is 3.21. The van der Waals surface area contributed by atoms with Gasteiger partial charge in [0.1, 0.15) is 11.4 Å². The van der Waals surface area contributed by atoms with E-state index in [4.69, 9.17) is 4.74 Å². The number of piperidine rings is 1. The highest BCUT2D eigenvalue weighted by atomic mass is 16.6. The zero-order chi connectivity index (χ0) is 23.0. The predicted molar refractivity (Wildman–Crippen MR) is 121 cm³/mol. The number of carbonyl (C=O) groups is 2. The Bertz CT molecular complexity index is 834. The van der Waals surface area contributed by atoms with Crippen LogP contribution in [0.15, 0.2) is 24.4 Å². The first kappa shape index (κ1) is 22.8. The zero-order valence-electron chi connectivity index (χ0n) is 19.5. The molecule has 32 heavy (non-hydrogen) atoms. The SMILES string of the molecule is CC(C)(C)OC(=O)N1CCC(O)(CN2CCN(c3ccccn3)CC2=O)C2(CCCC2)C1. The Labute approximate surface area is 190 Å². The molecule has 3 heterocycles. The standard InChI is InChI=1S/C24H36N4O4/c1-22(2,3)32-21(30)28-13-11-24(31,23(17-28)9-5-6-10-23)18-27-15-14-26(16-20(27)29)19-8-4-7-12-25-19/h4,7-8,12,31H,5-6,9-11,13-18H2,1-3H3. The minimum Gasteiger partial charge on any atom is -0.444 e. The summed E-state index contributed by atoms with van der Waals surface area (Å²) in [5, 5.41) is 11.9. The van der Waals surface area contributed by atoms with E-state index in [9.17, 15) is 14.7 Å². The molecule has 1 atom stereocenters. The molecule has 8 heteroatoms. The van der Waals surface area contributed by atoms with Gasteiger partial charge in [-0.25, -0.2) is 9.78 Å². The van der Waals surface area contributed by atoms with Gasteiger partial charge in [0, 0.05) is 37.8 Å². The van der Waals surface area contributed by atoms with Crippen molar-refractivity contribution in [2.75, 3.05) is 44.2 Å².